The Morgan fingerprint density at radius 1 is 1.13 bits per heavy atom. The van der Waals surface area contributed by atoms with E-state index in [1.165, 1.54) is 26.4 Å². The van der Waals surface area contributed by atoms with Crippen molar-refractivity contribution in [3.8, 4) is 5.75 Å². The molecule has 1 aromatic carbocycles. The van der Waals surface area contributed by atoms with E-state index >= 15 is 0 Å². The summed E-state index contributed by atoms with van der Waals surface area (Å²) in [7, 11) is 1.42. The molecule has 7 heteroatoms. The van der Waals surface area contributed by atoms with Crippen LogP contribution >= 0.6 is 11.6 Å². The van der Waals surface area contributed by atoms with E-state index in [0.29, 0.717) is 22.9 Å². The molecule has 1 saturated carbocycles. The van der Waals surface area contributed by atoms with Crippen LogP contribution in [0.2, 0.25) is 5.02 Å². The van der Waals surface area contributed by atoms with Gasteiger partial charge < -0.3 is 19.7 Å². The molecule has 4 aliphatic rings. The van der Waals surface area contributed by atoms with Crippen molar-refractivity contribution in [2.24, 2.45) is 11.3 Å². The summed E-state index contributed by atoms with van der Waals surface area (Å²) in [4.78, 5) is 26.8. The van der Waals surface area contributed by atoms with E-state index in [9.17, 15) is 9.59 Å². The van der Waals surface area contributed by atoms with Crippen LogP contribution in [0.15, 0.2) is 18.2 Å². The number of carbonyl (C=O) groups is 2. The number of hydrogen-bond donors (Lipinski definition) is 1. The van der Waals surface area contributed by atoms with Gasteiger partial charge in [-0.3, -0.25) is 9.59 Å². The first kappa shape index (κ1) is 21.4. The summed E-state index contributed by atoms with van der Waals surface area (Å²) < 4.78 is 10.9. The normalized spacial score (nSPS) is 30.5. The molecule has 0 aromatic heterocycles. The van der Waals surface area contributed by atoms with Gasteiger partial charge in [0.25, 0.3) is 5.91 Å². The summed E-state index contributed by atoms with van der Waals surface area (Å²) in [5, 5.41) is 3.54. The van der Waals surface area contributed by atoms with Crippen molar-refractivity contribution in [2.75, 3.05) is 33.4 Å². The molecular formula is C23H31ClN2O4. The minimum atomic E-state index is -0.152. The highest BCUT2D eigenvalue weighted by Crippen LogP contribution is 2.41. The molecule has 0 spiro atoms. The van der Waals surface area contributed by atoms with E-state index in [-0.39, 0.29) is 29.3 Å². The highest BCUT2D eigenvalue weighted by atomic mass is 35.5. The Balaban J connectivity index is 1.29. The van der Waals surface area contributed by atoms with Gasteiger partial charge in [-0.15, -0.1) is 0 Å². The van der Waals surface area contributed by atoms with Gasteiger partial charge in [-0.25, -0.2) is 0 Å². The molecule has 5 rings (SSSR count). The van der Waals surface area contributed by atoms with Crippen molar-refractivity contribution in [1.82, 2.24) is 10.2 Å². The number of amides is 1. The monoisotopic (exact) mass is 434 g/mol. The van der Waals surface area contributed by atoms with Crippen LogP contribution in [0.5, 0.6) is 5.75 Å². The van der Waals surface area contributed by atoms with Gasteiger partial charge in [-0.05, 0) is 82.8 Å². The fourth-order valence-electron chi connectivity index (χ4n) is 5.01. The second kappa shape index (κ2) is 9.15. The van der Waals surface area contributed by atoms with Gasteiger partial charge in [0.1, 0.15) is 5.75 Å². The van der Waals surface area contributed by atoms with Crippen molar-refractivity contribution in [2.45, 2.75) is 51.0 Å². The van der Waals surface area contributed by atoms with Gasteiger partial charge in [-0.2, -0.15) is 0 Å². The van der Waals surface area contributed by atoms with Crippen LogP contribution in [0.3, 0.4) is 0 Å². The lowest BCUT2D eigenvalue weighted by Gasteiger charge is -2.48. The summed E-state index contributed by atoms with van der Waals surface area (Å²) in [6.45, 7) is 4.18. The molecule has 1 aromatic rings. The van der Waals surface area contributed by atoms with Crippen molar-refractivity contribution in [3.05, 3.63) is 28.8 Å². The molecule has 1 N–H and O–H groups in total. The van der Waals surface area contributed by atoms with Crippen LogP contribution in [0.4, 0.5) is 0 Å². The lowest BCUT2D eigenvalue weighted by Crippen LogP contribution is -2.50. The number of esters is 1. The topological polar surface area (TPSA) is 67.9 Å². The molecule has 6 nitrogen and oxygen atoms in total. The minimum Gasteiger partial charge on any atom is -0.491 e. The summed E-state index contributed by atoms with van der Waals surface area (Å²) in [5.41, 5.74) is 0.809. The van der Waals surface area contributed by atoms with Crippen molar-refractivity contribution in [1.29, 1.82) is 0 Å². The third kappa shape index (κ3) is 4.75. The van der Waals surface area contributed by atoms with Crippen LogP contribution in [0.1, 0.15) is 55.3 Å². The van der Waals surface area contributed by atoms with Gasteiger partial charge in [0.2, 0.25) is 0 Å². The maximum absolute atomic E-state index is 12.6. The number of piperidine rings is 3. The molecule has 0 atom stereocenters. The third-order valence-corrected chi connectivity index (χ3v) is 7.50. The largest absolute Gasteiger partial charge is 0.491 e. The van der Waals surface area contributed by atoms with Gasteiger partial charge in [0.05, 0.1) is 24.7 Å². The molecular weight excluding hydrogens is 404 g/mol. The van der Waals surface area contributed by atoms with Crippen LogP contribution < -0.4 is 10.1 Å². The van der Waals surface area contributed by atoms with Crippen LogP contribution in [-0.4, -0.2) is 56.2 Å². The standard InChI is InChI=1S/C23H31ClN2O4/c1-29-22(28)16-2-5-18(6-3-16)25-21(27)17-4-7-20(19(24)14-17)30-15-23-8-11-26(12-9-23)13-10-23/h4,7,14,16,18H,2-3,5-6,8-13,15H2,1H3,(H,25,27). The Morgan fingerprint density at radius 2 is 1.80 bits per heavy atom. The number of halogens is 1. The molecule has 2 bridgehead atoms. The zero-order valence-corrected chi connectivity index (χ0v) is 18.4. The van der Waals surface area contributed by atoms with Gasteiger partial charge in [0.15, 0.2) is 0 Å². The van der Waals surface area contributed by atoms with Crippen LogP contribution in [0, 0.1) is 11.3 Å². The predicted octanol–water partition coefficient (Wildman–Crippen LogP) is 3.67. The highest BCUT2D eigenvalue weighted by Gasteiger charge is 2.40. The number of nitrogens with zero attached hydrogens (tertiary/aromatic N) is 1. The fourth-order valence-corrected chi connectivity index (χ4v) is 5.25. The summed E-state index contributed by atoms with van der Waals surface area (Å²) in [5.74, 6) is 0.308. The van der Waals surface area contributed by atoms with E-state index in [4.69, 9.17) is 21.1 Å². The molecule has 0 unspecified atom stereocenters. The van der Waals surface area contributed by atoms with E-state index in [1.807, 2.05) is 0 Å². The number of fused-ring (bicyclic) bond motifs is 3. The maximum Gasteiger partial charge on any atom is 0.308 e. The van der Waals surface area contributed by atoms with Crippen molar-refractivity contribution >= 4 is 23.5 Å². The average molecular weight is 435 g/mol. The minimum absolute atomic E-state index is 0.0510. The summed E-state index contributed by atoms with van der Waals surface area (Å²) in [6, 6.07) is 5.34. The number of nitrogens with one attached hydrogen (secondary N) is 1. The quantitative estimate of drug-likeness (QED) is 0.692. The predicted molar refractivity (Wildman–Crippen MR) is 115 cm³/mol. The van der Waals surface area contributed by atoms with Crippen LogP contribution in [-0.2, 0) is 9.53 Å². The van der Waals surface area contributed by atoms with Gasteiger partial charge in [-0.1, -0.05) is 11.6 Å². The lowest BCUT2D eigenvalue weighted by atomic mass is 9.73. The van der Waals surface area contributed by atoms with Gasteiger partial charge >= 0.3 is 5.97 Å². The SMILES string of the molecule is COC(=O)C1CCC(NC(=O)c2ccc(OCC34CCN(CC3)CC4)c(Cl)c2)CC1. The van der Waals surface area contributed by atoms with Crippen molar-refractivity contribution < 1.29 is 19.1 Å². The Morgan fingerprint density at radius 3 is 2.40 bits per heavy atom. The van der Waals surface area contributed by atoms with E-state index in [2.05, 4.69) is 10.2 Å². The number of hydrogen-bond acceptors (Lipinski definition) is 5. The molecule has 0 radical (unpaired) electrons. The molecule has 164 valence electrons. The maximum atomic E-state index is 12.6. The van der Waals surface area contributed by atoms with Crippen LogP contribution in [0.25, 0.3) is 0 Å². The molecule has 3 saturated heterocycles. The second-order valence-corrected chi connectivity index (χ2v) is 9.48. The Bertz CT molecular complexity index is 770. The zero-order valence-electron chi connectivity index (χ0n) is 17.6. The highest BCUT2D eigenvalue weighted by molar-refractivity contribution is 6.32. The number of carbonyl (C=O) groups excluding carboxylic acids is 2. The molecule has 3 aliphatic heterocycles. The third-order valence-electron chi connectivity index (χ3n) is 7.20. The number of ether oxygens (including phenoxy) is 2. The van der Waals surface area contributed by atoms with Crippen molar-refractivity contribution in [3.63, 3.8) is 0 Å². The Kier molecular flexibility index (Phi) is 6.54. The van der Waals surface area contributed by atoms with E-state index in [0.717, 1.165) is 45.3 Å². The molecule has 3 heterocycles. The van der Waals surface area contributed by atoms with E-state index < -0.39 is 0 Å². The number of rotatable bonds is 6. The Labute approximate surface area is 183 Å². The second-order valence-electron chi connectivity index (χ2n) is 9.07. The summed E-state index contributed by atoms with van der Waals surface area (Å²) in [6.07, 6.45) is 6.59. The first-order valence-electron chi connectivity index (χ1n) is 11.0. The zero-order chi connectivity index (χ0) is 21.1. The molecule has 30 heavy (non-hydrogen) atoms. The van der Waals surface area contributed by atoms with Gasteiger partial charge in [0, 0.05) is 17.0 Å². The smallest absolute Gasteiger partial charge is 0.308 e. The molecule has 4 fully saturated rings. The van der Waals surface area contributed by atoms with E-state index in [1.54, 1.807) is 18.2 Å². The molecule has 1 amide bonds. The average Bonchev–Trinajstić information content (AvgIpc) is 2.79. The fraction of sp³-hybridized carbons (Fsp3) is 0.652. The summed E-state index contributed by atoms with van der Waals surface area (Å²) >= 11 is 6.44. The first-order valence-corrected chi connectivity index (χ1v) is 11.4. The molecule has 1 aliphatic carbocycles. The number of benzene rings is 1. The lowest BCUT2D eigenvalue weighted by molar-refractivity contribution is -0.146. The number of methoxy groups -OCH3 is 1. The Hall–Kier alpha value is -1.79. The first-order chi connectivity index (χ1) is 14.5.